The predicted molar refractivity (Wildman–Crippen MR) is 113 cm³/mol. The van der Waals surface area contributed by atoms with Crippen molar-refractivity contribution >= 4 is 28.3 Å². The summed E-state index contributed by atoms with van der Waals surface area (Å²) in [7, 11) is 1.57. The van der Waals surface area contributed by atoms with Gasteiger partial charge in [-0.15, -0.1) is 0 Å². The van der Waals surface area contributed by atoms with Crippen LogP contribution in [0.5, 0.6) is 5.75 Å². The predicted octanol–water partition coefficient (Wildman–Crippen LogP) is 5.50. The summed E-state index contributed by atoms with van der Waals surface area (Å²) in [6.45, 7) is 1.87. The van der Waals surface area contributed by atoms with Gasteiger partial charge in [0.2, 0.25) is 11.7 Å². The van der Waals surface area contributed by atoms with Crippen molar-refractivity contribution < 1.29 is 18.7 Å². The van der Waals surface area contributed by atoms with Gasteiger partial charge >= 0.3 is 0 Å². The summed E-state index contributed by atoms with van der Waals surface area (Å²) >= 11 is 0. The van der Waals surface area contributed by atoms with E-state index in [1.807, 2.05) is 19.1 Å². The van der Waals surface area contributed by atoms with E-state index in [0.29, 0.717) is 22.7 Å². The Balaban J connectivity index is 1.60. The first-order valence-electron chi connectivity index (χ1n) is 10.1. The molecule has 5 heteroatoms. The van der Waals surface area contributed by atoms with E-state index >= 15 is 0 Å². The van der Waals surface area contributed by atoms with Gasteiger partial charge in [0.25, 0.3) is 0 Å². The molecule has 1 fully saturated rings. The van der Waals surface area contributed by atoms with Crippen molar-refractivity contribution in [3.8, 4) is 5.75 Å². The average Bonchev–Trinajstić information content (AvgIpc) is 3.10. The molecule has 0 atom stereocenters. The zero-order valence-electron chi connectivity index (χ0n) is 16.8. The van der Waals surface area contributed by atoms with E-state index in [1.54, 1.807) is 37.4 Å². The summed E-state index contributed by atoms with van der Waals surface area (Å²) in [5.74, 6) is 0.916. The van der Waals surface area contributed by atoms with Gasteiger partial charge in [0.15, 0.2) is 5.76 Å². The maximum atomic E-state index is 13.0. The fourth-order valence-electron chi connectivity index (χ4n) is 4.02. The molecular weight excluding hydrogens is 366 g/mol. The van der Waals surface area contributed by atoms with Gasteiger partial charge in [-0.2, -0.15) is 0 Å². The molecule has 5 nitrogen and oxygen atoms in total. The molecule has 4 rings (SSSR count). The van der Waals surface area contributed by atoms with Crippen LogP contribution in [0.15, 0.2) is 46.9 Å². The number of benzene rings is 2. The number of rotatable bonds is 5. The molecule has 1 amide bonds. The summed E-state index contributed by atoms with van der Waals surface area (Å²) in [4.78, 5) is 25.5. The topological polar surface area (TPSA) is 68.5 Å². The fourth-order valence-corrected chi connectivity index (χ4v) is 4.02. The third kappa shape index (κ3) is 3.90. The molecule has 0 bridgehead atoms. The Morgan fingerprint density at radius 2 is 1.86 bits per heavy atom. The van der Waals surface area contributed by atoms with Crippen LogP contribution in [0, 0.1) is 12.8 Å². The number of aryl methyl sites for hydroxylation is 1. The van der Waals surface area contributed by atoms with Gasteiger partial charge in [-0.1, -0.05) is 31.4 Å². The minimum Gasteiger partial charge on any atom is -0.497 e. The quantitative estimate of drug-likeness (QED) is 0.583. The van der Waals surface area contributed by atoms with Crippen molar-refractivity contribution in [3.05, 3.63) is 59.4 Å². The van der Waals surface area contributed by atoms with Crippen LogP contribution >= 0.6 is 0 Å². The monoisotopic (exact) mass is 391 g/mol. The molecule has 1 aliphatic carbocycles. The second kappa shape index (κ2) is 8.11. The van der Waals surface area contributed by atoms with E-state index in [1.165, 1.54) is 6.42 Å². The molecular formula is C24H25NO4. The number of methoxy groups -OCH3 is 1. The lowest BCUT2D eigenvalue weighted by Crippen LogP contribution is -2.24. The Hall–Kier alpha value is -3.08. The highest BCUT2D eigenvalue weighted by Crippen LogP contribution is 2.31. The van der Waals surface area contributed by atoms with Gasteiger partial charge in [0.1, 0.15) is 11.3 Å². The molecule has 1 saturated carbocycles. The summed E-state index contributed by atoms with van der Waals surface area (Å²) in [6, 6.07) is 12.5. The smallest absolute Gasteiger partial charge is 0.228 e. The maximum Gasteiger partial charge on any atom is 0.228 e. The molecule has 1 aromatic heterocycles. The van der Waals surface area contributed by atoms with Crippen molar-refractivity contribution in [1.29, 1.82) is 0 Å². The first-order chi connectivity index (χ1) is 14.1. The van der Waals surface area contributed by atoms with Gasteiger partial charge in [-0.05, 0) is 50.1 Å². The third-order valence-corrected chi connectivity index (χ3v) is 5.72. The molecule has 1 N–H and O–H groups in total. The zero-order chi connectivity index (χ0) is 20.4. The number of ether oxygens (including phenoxy) is 1. The van der Waals surface area contributed by atoms with Crippen LogP contribution in [0.2, 0.25) is 0 Å². The highest BCUT2D eigenvalue weighted by Gasteiger charge is 2.23. The minimum atomic E-state index is -0.189. The summed E-state index contributed by atoms with van der Waals surface area (Å²) in [5.41, 5.74) is 2.64. The van der Waals surface area contributed by atoms with E-state index in [4.69, 9.17) is 9.15 Å². The van der Waals surface area contributed by atoms with Crippen LogP contribution in [0.4, 0.5) is 5.69 Å². The molecule has 150 valence electrons. The number of hydrogen-bond acceptors (Lipinski definition) is 4. The van der Waals surface area contributed by atoms with Crippen molar-refractivity contribution in [1.82, 2.24) is 0 Å². The van der Waals surface area contributed by atoms with Crippen LogP contribution in [0.3, 0.4) is 0 Å². The van der Waals surface area contributed by atoms with Gasteiger partial charge in [0.05, 0.1) is 7.11 Å². The third-order valence-electron chi connectivity index (χ3n) is 5.72. The maximum absolute atomic E-state index is 13.0. The lowest BCUT2D eigenvalue weighted by Gasteiger charge is -2.20. The normalized spacial score (nSPS) is 14.7. The van der Waals surface area contributed by atoms with Crippen LogP contribution in [0.25, 0.3) is 11.0 Å². The van der Waals surface area contributed by atoms with Crippen molar-refractivity contribution in [2.45, 2.75) is 39.0 Å². The number of ketones is 1. The van der Waals surface area contributed by atoms with Crippen LogP contribution in [0.1, 0.15) is 53.8 Å². The largest absolute Gasteiger partial charge is 0.497 e. The lowest BCUT2D eigenvalue weighted by atomic mass is 9.88. The molecule has 0 saturated heterocycles. The molecule has 3 aromatic rings. The summed E-state index contributed by atoms with van der Waals surface area (Å²) in [6.07, 6.45) is 5.37. The first kappa shape index (κ1) is 19.2. The summed E-state index contributed by atoms with van der Waals surface area (Å²) < 4.78 is 11.1. The highest BCUT2D eigenvalue weighted by molar-refractivity contribution is 6.11. The average molecular weight is 391 g/mol. The van der Waals surface area contributed by atoms with Crippen molar-refractivity contribution in [2.75, 3.05) is 12.4 Å². The molecule has 0 radical (unpaired) electrons. The van der Waals surface area contributed by atoms with Crippen LogP contribution < -0.4 is 10.1 Å². The Morgan fingerprint density at radius 1 is 1.07 bits per heavy atom. The van der Waals surface area contributed by atoms with Gasteiger partial charge in [0, 0.05) is 28.1 Å². The Bertz CT molecular complexity index is 1060. The van der Waals surface area contributed by atoms with Crippen molar-refractivity contribution in [3.63, 3.8) is 0 Å². The number of carbonyl (C=O) groups is 2. The molecule has 29 heavy (non-hydrogen) atoms. The molecule has 2 aromatic carbocycles. The number of anilines is 1. The standard InChI is InChI=1S/C24H25NO4/c1-15-20-14-18(25-24(27)16-7-4-3-5-8-16)11-12-21(20)29-23(15)22(26)17-9-6-10-19(13-17)28-2/h6,9-14,16H,3-5,7-8H2,1-2H3,(H,25,27). The van der Waals surface area contributed by atoms with Crippen LogP contribution in [-0.4, -0.2) is 18.8 Å². The second-order valence-corrected chi connectivity index (χ2v) is 7.65. The van der Waals surface area contributed by atoms with E-state index in [2.05, 4.69) is 5.32 Å². The minimum absolute atomic E-state index is 0.0814. The molecule has 1 aliphatic rings. The molecule has 0 unspecified atom stereocenters. The Labute approximate surface area is 170 Å². The number of amides is 1. The van der Waals surface area contributed by atoms with Crippen molar-refractivity contribution in [2.24, 2.45) is 5.92 Å². The summed E-state index contributed by atoms with van der Waals surface area (Å²) in [5, 5.41) is 3.87. The Kier molecular flexibility index (Phi) is 5.38. The SMILES string of the molecule is COc1cccc(C(=O)c2oc3ccc(NC(=O)C4CCCCC4)cc3c2C)c1. The van der Waals surface area contributed by atoms with E-state index in [0.717, 1.165) is 42.3 Å². The van der Waals surface area contributed by atoms with E-state index < -0.39 is 0 Å². The van der Waals surface area contributed by atoms with E-state index in [-0.39, 0.29) is 17.6 Å². The number of nitrogens with one attached hydrogen (secondary N) is 1. The fraction of sp³-hybridized carbons (Fsp3) is 0.333. The zero-order valence-corrected chi connectivity index (χ0v) is 16.8. The van der Waals surface area contributed by atoms with Gasteiger partial charge in [-0.3, -0.25) is 9.59 Å². The van der Waals surface area contributed by atoms with Gasteiger partial charge < -0.3 is 14.5 Å². The molecule has 1 heterocycles. The lowest BCUT2D eigenvalue weighted by molar-refractivity contribution is -0.120. The first-order valence-corrected chi connectivity index (χ1v) is 10.1. The number of hydrogen-bond donors (Lipinski definition) is 1. The second-order valence-electron chi connectivity index (χ2n) is 7.65. The van der Waals surface area contributed by atoms with Crippen LogP contribution in [-0.2, 0) is 4.79 Å². The highest BCUT2D eigenvalue weighted by atomic mass is 16.5. The Morgan fingerprint density at radius 3 is 2.62 bits per heavy atom. The molecule has 0 aliphatic heterocycles. The number of carbonyl (C=O) groups excluding carboxylic acids is 2. The van der Waals surface area contributed by atoms with Gasteiger partial charge in [-0.25, -0.2) is 0 Å². The number of furan rings is 1. The molecule has 0 spiro atoms. The number of fused-ring (bicyclic) bond motifs is 1. The van der Waals surface area contributed by atoms with E-state index in [9.17, 15) is 9.59 Å².